The highest BCUT2D eigenvalue weighted by Crippen LogP contribution is 2.17. The van der Waals surface area contributed by atoms with Gasteiger partial charge in [0.2, 0.25) is 0 Å². The van der Waals surface area contributed by atoms with Crippen LogP contribution in [-0.4, -0.2) is 27.4 Å². The molecule has 2 rings (SSSR count). The molecule has 116 valence electrons. The zero-order valence-corrected chi connectivity index (χ0v) is 13.1. The van der Waals surface area contributed by atoms with E-state index in [2.05, 4.69) is 15.7 Å². The van der Waals surface area contributed by atoms with E-state index in [1.54, 1.807) is 7.05 Å². The van der Waals surface area contributed by atoms with Crippen molar-refractivity contribution in [2.45, 2.75) is 6.92 Å². The van der Waals surface area contributed by atoms with Gasteiger partial charge in [-0.2, -0.15) is 5.10 Å². The minimum Gasteiger partial charge on any atom is -0.494 e. The Bertz CT molecular complexity index is 681. The van der Waals surface area contributed by atoms with Gasteiger partial charge in [-0.05, 0) is 43.4 Å². The zero-order valence-electron chi connectivity index (χ0n) is 12.3. The Morgan fingerprint density at radius 1 is 1.36 bits per heavy atom. The van der Waals surface area contributed by atoms with E-state index in [1.165, 1.54) is 10.9 Å². The molecular formula is C14H17N5O2S. The lowest BCUT2D eigenvalue weighted by Crippen LogP contribution is -2.23. The zero-order chi connectivity index (χ0) is 16.1. The second-order valence-corrected chi connectivity index (χ2v) is 4.84. The Hall–Kier alpha value is -2.61. The number of primary amides is 1. The Morgan fingerprint density at radius 3 is 2.64 bits per heavy atom. The number of carbonyl (C=O) groups excluding carboxylic acids is 1. The van der Waals surface area contributed by atoms with Crippen molar-refractivity contribution in [3.05, 3.63) is 36.2 Å². The lowest BCUT2D eigenvalue weighted by Gasteiger charge is -2.11. The topological polar surface area (TPSA) is 94.2 Å². The second-order valence-electron chi connectivity index (χ2n) is 4.43. The highest BCUT2D eigenvalue weighted by Gasteiger charge is 2.14. The maximum Gasteiger partial charge on any atom is 0.269 e. The average Bonchev–Trinajstić information content (AvgIpc) is 2.82. The fraction of sp³-hybridized carbons (Fsp3) is 0.214. The second kappa shape index (κ2) is 6.90. The highest BCUT2D eigenvalue weighted by atomic mass is 32.1. The molecular weight excluding hydrogens is 302 g/mol. The van der Waals surface area contributed by atoms with Crippen molar-refractivity contribution in [2.24, 2.45) is 12.8 Å². The van der Waals surface area contributed by atoms with Crippen LogP contribution in [0.1, 0.15) is 17.4 Å². The molecule has 0 bridgehead atoms. The first-order valence-corrected chi connectivity index (χ1v) is 7.04. The van der Waals surface area contributed by atoms with Gasteiger partial charge in [0.25, 0.3) is 5.91 Å². The number of hydrogen-bond donors (Lipinski definition) is 3. The lowest BCUT2D eigenvalue weighted by molar-refractivity contribution is 0.0992. The fourth-order valence-corrected chi connectivity index (χ4v) is 2.13. The van der Waals surface area contributed by atoms with Crippen LogP contribution in [0.2, 0.25) is 0 Å². The Labute approximate surface area is 133 Å². The third-order valence-electron chi connectivity index (χ3n) is 2.84. The quantitative estimate of drug-likeness (QED) is 0.727. The van der Waals surface area contributed by atoms with E-state index in [4.69, 9.17) is 22.7 Å². The summed E-state index contributed by atoms with van der Waals surface area (Å²) in [6.45, 7) is 2.54. The molecule has 0 unspecified atom stereocenters. The smallest absolute Gasteiger partial charge is 0.269 e. The summed E-state index contributed by atoms with van der Waals surface area (Å²) in [5.41, 5.74) is 6.83. The van der Waals surface area contributed by atoms with Crippen molar-refractivity contribution in [1.29, 1.82) is 0 Å². The van der Waals surface area contributed by atoms with Crippen molar-refractivity contribution < 1.29 is 9.53 Å². The molecule has 1 aromatic carbocycles. The van der Waals surface area contributed by atoms with Gasteiger partial charge in [-0.1, -0.05) is 0 Å². The fourth-order valence-electron chi connectivity index (χ4n) is 1.91. The van der Waals surface area contributed by atoms with E-state index < -0.39 is 5.91 Å². The first-order chi connectivity index (χ1) is 10.5. The molecule has 1 heterocycles. The Balaban J connectivity index is 2.02. The highest BCUT2D eigenvalue weighted by molar-refractivity contribution is 7.80. The number of aryl methyl sites for hydroxylation is 1. The molecule has 4 N–H and O–H groups in total. The number of nitrogens with two attached hydrogens (primary N) is 1. The molecule has 0 radical (unpaired) electrons. The van der Waals surface area contributed by atoms with Crippen LogP contribution in [0.4, 0.5) is 11.4 Å². The van der Waals surface area contributed by atoms with Crippen LogP contribution in [0.15, 0.2) is 30.5 Å². The third kappa shape index (κ3) is 3.73. The molecule has 1 amide bonds. The maximum absolute atomic E-state index is 11.4. The number of rotatable bonds is 5. The molecule has 8 heteroatoms. The summed E-state index contributed by atoms with van der Waals surface area (Å²) in [7, 11) is 1.63. The normalized spacial score (nSPS) is 10.1. The summed E-state index contributed by atoms with van der Waals surface area (Å²) >= 11 is 5.21. The number of nitrogens with one attached hydrogen (secondary N) is 2. The average molecular weight is 319 g/mol. The van der Waals surface area contributed by atoms with Crippen molar-refractivity contribution in [2.75, 3.05) is 17.2 Å². The van der Waals surface area contributed by atoms with Crippen molar-refractivity contribution >= 4 is 34.6 Å². The number of thiocarbonyl (C=S) groups is 1. The molecule has 0 saturated heterocycles. The number of benzene rings is 1. The van der Waals surface area contributed by atoms with Crippen LogP contribution in [0.25, 0.3) is 0 Å². The van der Waals surface area contributed by atoms with E-state index in [9.17, 15) is 4.79 Å². The molecule has 0 atom stereocenters. The molecule has 0 spiro atoms. The van der Waals surface area contributed by atoms with Gasteiger partial charge >= 0.3 is 0 Å². The molecule has 0 aliphatic rings. The van der Waals surface area contributed by atoms with Crippen molar-refractivity contribution in [3.63, 3.8) is 0 Å². The van der Waals surface area contributed by atoms with Crippen LogP contribution >= 0.6 is 12.2 Å². The van der Waals surface area contributed by atoms with Gasteiger partial charge in [0.15, 0.2) is 5.11 Å². The summed E-state index contributed by atoms with van der Waals surface area (Å²) in [4.78, 5) is 11.4. The van der Waals surface area contributed by atoms with Gasteiger partial charge in [0.05, 0.1) is 18.5 Å². The van der Waals surface area contributed by atoms with E-state index in [0.29, 0.717) is 17.4 Å². The van der Waals surface area contributed by atoms with Crippen molar-refractivity contribution in [3.8, 4) is 5.75 Å². The first-order valence-electron chi connectivity index (χ1n) is 6.64. The number of nitrogens with zero attached hydrogens (tertiary/aromatic N) is 2. The molecule has 22 heavy (non-hydrogen) atoms. The van der Waals surface area contributed by atoms with Gasteiger partial charge in [-0.3, -0.25) is 9.48 Å². The van der Waals surface area contributed by atoms with E-state index in [1.807, 2.05) is 31.2 Å². The standard InChI is InChI=1S/C14H17N5O2S/c1-3-21-10-6-4-9(5-7-10)17-14(22)18-11-8-16-19(2)12(11)13(15)20/h4-8H,3H2,1-2H3,(H2,15,20)(H2,17,18,22). The number of hydrogen-bond acceptors (Lipinski definition) is 4. The molecule has 2 aromatic rings. The van der Waals surface area contributed by atoms with Crippen LogP contribution in [0.3, 0.4) is 0 Å². The van der Waals surface area contributed by atoms with Crippen LogP contribution in [0, 0.1) is 0 Å². The van der Waals surface area contributed by atoms with Gasteiger partial charge in [0, 0.05) is 12.7 Å². The number of carbonyl (C=O) groups is 1. The minimum absolute atomic E-state index is 0.260. The number of aromatic nitrogens is 2. The Kier molecular flexibility index (Phi) is 4.95. The SMILES string of the molecule is CCOc1ccc(NC(=S)Nc2cnn(C)c2C(N)=O)cc1. The van der Waals surface area contributed by atoms with Crippen LogP contribution < -0.4 is 21.1 Å². The summed E-state index contributed by atoms with van der Waals surface area (Å²) < 4.78 is 6.76. The predicted molar refractivity (Wildman–Crippen MR) is 89.2 cm³/mol. The largest absolute Gasteiger partial charge is 0.494 e. The van der Waals surface area contributed by atoms with Crippen molar-refractivity contribution in [1.82, 2.24) is 9.78 Å². The molecule has 0 saturated carbocycles. The van der Waals surface area contributed by atoms with Gasteiger partial charge in [-0.25, -0.2) is 0 Å². The van der Waals surface area contributed by atoms with E-state index >= 15 is 0 Å². The molecule has 1 aromatic heterocycles. The Morgan fingerprint density at radius 2 is 2.05 bits per heavy atom. The maximum atomic E-state index is 11.4. The summed E-state index contributed by atoms with van der Waals surface area (Å²) in [6.07, 6.45) is 1.49. The van der Waals surface area contributed by atoms with E-state index in [-0.39, 0.29) is 5.69 Å². The molecule has 0 aliphatic heterocycles. The predicted octanol–water partition coefficient (Wildman–Crippen LogP) is 1.73. The van der Waals surface area contributed by atoms with Crippen LogP contribution in [0.5, 0.6) is 5.75 Å². The van der Waals surface area contributed by atoms with Gasteiger partial charge in [0.1, 0.15) is 11.4 Å². The van der Waals surface area contributed by atoms with Gasteiger partial charge < -0.3 is 21.1 Å². The first kappa shape index (κ1) is 15.8. The lowest BCUT2D eigenvalue weighted by atomic mass is 10.3. The monoisotopic (exact) mass is 319 g/mol. The third-order valence-corrected chi connectivity index (χ3v) is 3.05. The number of anilines is 2. The summed E-state index contributed by atoms with van der Waals surface area (Å²) in [5.74, 6) is 0.210. The minimum atomic E-state index is -0.577. The molecule has 7 nitrogen and oxygen atoms in total. The van der Waals surface area contributed by atoms with Crippen LogP contribution in [-0.2, 0) is 7.05 Å². The molecule has 0 fully saturated rings. The summed E-state index contributed by atoms with van der Waals surface area (Å²) in [6, 6.07) is 7.37. The number of amides is 1. The van der Waals surface area contributed by atoms with E-state index in [0.717, 1.165) is 11.4 Å². The summed E-state index contributed by atoms with van der Waals surface area (Å²) in [5, 5.41) is 10.2. The van der Waals surface area contributed by atoms with Gasteiger partial charge in [-0.15, -0.1) is 0 Å². The molecule has 0 aliphatic carbocycles. The number of ether oxygens (including phenoxy) is 1.